The second-order valence-corrected chi connectivity index (χ2v) is 7.78. The Labute approximate surface area is 159 Å². The smallest absolute Gasteiger partial charge is 0.130 e. The van der Waals surface area contributed by atoms with E-state index >= 15 is 0 Å². The van der Waals surface area contributed by atoms with E-state index < -0.39 is 37.1 Å². The van der Waals surface area contributed by atoms with Gasteiger partial charge in [0, 0.05) is 22.2 Å². The first-order valence-electron chi connectivity index (χ1n) is 8.65. The van der Waals surface area contributed by atoms with Gasteiger partial charge in [0.2, 0.25) is 0 Å². The number of aliphatic hydroxyl groups excluding tert-OH is 4. The molecule has 2 aromatic heterocycles. The van der Waals surface area contributed by atoms with Crippen molar-refractivity contribution in [2.24, 2.45) is 0 Å². The Morgan fingerprint density at radius 3 is 2.63 bits per heavy atom. The highest BCUT2D eigenvalue weighted by atomic mass is 32.1. The van der Waals surface area contributed by atoms with Gasteiger partial charge in [0.25, 0.3) is 0 Å². The zero-order chi connectivity index (χ0) is 19.0. The fourth-order valence-electron chi connectivity index (χ4n) is 3.29. The highest BCUT2D eigenvalue weighted by Gasteiger charge is 2.44. The number of ether oxygens (including phenoxy) is 1. The molecule has 1 aromatic carbocycles. The summed E-state index contributed by atoms with van der Waals surface area (Å²) in [5.41, 5.74) is 1.06. The average molecular weight is 388 g/mol. The minimum absolute atomic E-state index is 0.352. The first-order chi connectivity index (χ1) is 13.1. The molecule has 2 unspecified atom stereocenters. The van der Waals surface area contributed by atoms with Crippen LogP contribution in [0.2, 0.25) is 0 Å². The second kappa shape index (κ2) is 7.59. The molecule has 1 aliphatic heterocycles. The van der Waals surface area contributed by atoms with Crippen molar-refractivity contribution in [3.8, 4) is 0 Å². The van der Waals surface area contributed by atoms with E-state index in [1.165, 1.54) is 16.3 Å². The van der Waals surface area contributed by atoms with Crippen LogP contribution in [-0.2, 0) is 11.2 Å². The lowest BCUT2D eigenvalue weighted by atomic mass is 9.93. The van der Waals surface area contributed by atoms with Gasteiger partial charge in [-0.1, -0.05) is 18.2 Å². The molecule has 0 spiro atoms. The number of nitrogens with zero attached hydrogens (tertiary/aromatic N) is 2. The molecule has 4 N–H and O–H groups in total. The van der Waals surface area contributed by atoms with Crippen molar-refractivity contribution < 1.29 is 25.2 Å². The Bertz CT molecular complexity index is 898. The third-order valence-corrected chi connectivity index (χ3v) is 5.83. The standard InChI is InChI=1S/C19H20N2O5S/c22-9-14-16(23)17(24)18(25)19(26-14)13-8-20-7-11(21-13)6-12-5-10-3-1-2-4-15(10)27-12/h1-5,7-8,14,16-19,22-25H,6,9H2/t14?,16-,17+,18-,19?/m1/s1. The van der Waals surface area contributed by atoms with Crippen LogP contribution < -0.4 is 0 Å². The molecule has 1 aliphatic rings. The number of hydrogen-bond donors (Lipinski definition) is 4. The van der Waals surface area contributed by atoms with Crippen molar-refractivity contribution >= 4 is 21.4 Å². The zero-order valence-corrected chi connectivity index (χ0v) is 15.2. The molecule has 5 atom stereocenters. The van der Waals surface area contributed by atoms with Crippen LogP contribution in [0.3, 0.4) is 0 Å². The van der Waals surface area contributed by atoms with Gasteiger partial charge in [0.1, 0.15) is 30.5 Å². The summed E-state index contributed by atoms with van der Waals surface area (Å²) in [6, 6.07) is 10.2. The van der Waals surface area contributed by atoms with E-state index in [-0.39, 0.29) is 0 Å². The molecule has 0 amide bonds. The molecule has 142 valence electrons. The van der Waals surface area contributed by atoms with Crippen molar-refractivity contribution in [3.05, 3.63) is 59.0 Å². The van der Waals surface area contributed by atoms with Crippen molar-refractivity contribution in [1.82, 2.24) is 9.97 Å². The van der Waals surface area contributed by atoms with Crippen molar-refractivity contribution in [2.45, 2.75) is 36.9 Å². The van der Waals surface area contributed by atoms with Gasteiger partial charge in [-0.25, -0.2) is 0 Å². The summed E-state index contributed by atoms with van der Waals surface area (Å²) in [6.07, 6.45) is -2.45. The Kier molecular flexibility index (Phi) is 5.18. The van der Waals surface area contributed by atoms with Gasteiger partial charge in [0.05, 0.1) is 24.2 Å². The third-order valence-electron chi connectivity index (χ3n) is 4.72. The largest absolute Gasteiger partial charge is 0.394 e. The van der Waals surface area contributed by atoms with Crippen LogP contribution in [0.25, 0.3) is 10.1 Å². The zero-order valence-electron chi connectivity index (χ0n) is 14.3. The number of fused-ring (bicyclic) bond motifs is 1. The predicted octanol–water partition coefficient (Wildman–Crippen LogP) is 0.797. The molecular formula is C19H20N2O5S. The Morgan fingerprint density at radius 1 is 1.04 bits per heavy atom. The van der Waals surface area contributed by atoms with Crippen molar-refractivity contribution in [1.29, 1.82) is 0 Å². The van der Waals surface area contributed by atoms with E-state index in [1.54, 1.807) is 17.5 Å². The van der Waals surface area contributed by atoms with Gasteiger partial charge in [-0.15, -0.1) is 11.3 Å². The monoisotopic (exact) mass is 388 g/mol. The first-order valence-corrected chi connectivity index (χ1v) is 9.47. The van der Waals surface area contributed by atoms with Crippen LogP contribution in [0.5, 0.6) is 0 Å². The number of rotatable bonds is 4. The Balaban J connectivity index is 1.58. The van der Waals surface area contributed by atoms with Crippen LogP contribution in [0.4, 0.5) is 0 Å². The highest BCUT2D eigenvalue weighted by Crippen LogP contribution is 2.32. The average Bonchev–Trinajstić information content (AvgIpc) is 3.09. The highest BCUT2D eigenvalue weighted by molar-refractivity contribution is 7.19. The summed E-state index contributed by atoms with van der Waals surface area (Å²) in [6.45, 7) is -0.476. The molecule has 3 aromatic rings. The summed E-state index contributed by atoms with van der Waals surface area (Å²) in [4.78, 5) is 9.84. The topological polar surface area (TPSA) is 116 Å². The van der Waals surface area contributed by atoms with Crippen molar-refractivity contribution in [3.63, 3.8) is 0 Å². The summed E-state index contributed by atoms with van der Waals surface area (Å²) >= 11 is 1.68. The maximum Gasteiger partial charge on any atom is 0.130 e. The minimum atomic E-state index is -1.44. The molecule has 27 heavy (non-hydrogen) atoms. The van der Waals surface area contributed by atoms with Gasteiger partial charge < -0.3 is 25.2 Å². The third kappa shape index (κ3) is 3.60. The maximum atomic E-state index is 10.3. The molecule has 8 heteroatoms. The van der Waals surface area contributed by atoms with Gasteiger partial charge >= 0.3 is 0 Å². The molecule has 0 saturated carbocycles. The summed E-state index contributed by atoms with van der Waals surface area (Å²) in [5.74, 6) is 0. The van der Waals surface area contributed by atoms with Crippen molar-refractivity contribution in [2.75, 3.05) is 6.61 Å². The summed E-state index contributed by atoms with van der Waals surface area (Å²) in [5, 5.41) is 40.7. The van der Waals surface area contributed by atoms with Gasteiger partial charge in [-0.3, -0.25) is 9.97 Å². The molecular weight excluding hydrogens is 368 g/mol. The predicted molar refractivity (Wildman–Crippen MR) is 99.4 cm³/mol. The quantitative estimate of drug-likeness (QED) is 0.522. The van der Waals surface area contributed by atoms with E-state index in [4.69, 9.17) is 4.74 Å². The van der Waals surface area contributed by atoms with E-state index in [1.807, 2.05) is 12.1 Å². The number of benzene rings is 1. The molecule has 4 rings (SSSR count). The lowest BCUT2D eigenvalue weighted by molar-refractivity contribution is -0.232. The molecule has 0 radical (unpaired) electrons. The molecule has 0 aliphatic carbocycles. The van der Waals surface area contributed by atoms with Crippen LogP contribution in [0, 0.1) is 0 Å². The van der Waals surface area contributed by atoms with E-state index in [2.05, 4.69) is 28.2 Å². The van der Waals surface area contributed by atoms with Gasteiger partial charge in [-0.2, -0.15) is 0 Å². The van der Waals surface area contributed by atoms with E-state index in [0.717, 1.165) is 4.88 Å². The maximum absolute atomic E-state index is 10.3. The van der Waals surface area contributed by atoms with Crippen LogP contribution in [0.1, 0.15) is 22.4 Å². The molecule has 0 bridgehead atoms. The first kappa shape index (κ1) is 18.4. The molecule has 3 heterocycles. The molecule has 1 saturated heterocycles. The normalized spacial score (nSPS) is 28.5. The fraction of sp³-hybridized carbons (Fsp3) is 0.368. The lowest BCUT2D eigenvalue weighted by Gasteiger charge is -2.39. The Morgan fingerprint density at radius 2 is 1.85 bits per heavy atom. The number of hydrogen-bond acceptors (Lipinski definition) is 8. The second-order valence-electron chi connectivity index (χ2n) is 6.61. The van der Waals surface area contributed by atoms with Crippen LogP contribution in [-0.4, -0.2) is 61.4 Å². The Hall–Kier alpha value is -1.94. The van der Waals surface area contributed by atoms with Gasteiger partial charge in [0.15, 0.2) is 0 Å². The SMILES string of the molecule is OCC1OC(c2cncc(Cc3cc4ccccc4s3)n2)[C@H](O)[C@@H](O)[C@@H]1O. The molecule has 1 fully saturated rings. The van der Waals surface area contributed by atoms with E-state index in [9.17, 15) is 20.4 Å². The summed E-state index contributed by atoms with van der Waals surface area (Å²) in [7, 11) is 0. The number of thiophene rings is 1. The van der Waals surface area contributed by atoms with E-state index in [0.29, 0.717) is 17.8 Å². The van der Waals surface area contributed by atoms with Gasteiger partial charge in [-0.05, 0) is 17.5 Å². The molecule has 7 nitrogen and oxygen atoms in total. The lowest BCUT2D eigenvalue weighted by Crippen LogP contribution is -2.55. The number of aromatic nitrogens is 2. The number of aliphatic hydroxyl groups is 4. The fourth-order valence-corrected chi connectivity index (χ4v) is 4.37. The van der Waals surface area contributed by atoms with Crippen LogP contribution in [0.15, 0.2) is 42.7 Å². The minimum Gasteiger partial charge on any atom is -0.394 e. The summed E-state index contributed by atoms with van der Waals surface area (Å²) < 4.78 is 6.76. The van der Waals surface area contributed by atoms with Crippen LogP contribution >= 0.6 is 11.3 Å².